The fraction of sp³-hybridized carbons (Fsp3) is 0.211. The number of nitrogens with zero attached hydrogens (tertiary/aromatic N) is 3. The number of nitrogen functional groups attached to an aromatic ring is 1. The minimum absolute atomic E-state index is 0.170. The molecule has 0 bridgehead atoms. The molecule has 28 heavy (non-hydrogen) atoms. The van der Waals surface area contributed by atoms with Gasteiger partial charge in [0.25, 0.3) is 0 Å². The number of rotatable bonds is 7. The van der Waals surface area contributed by atoms with E-state index in [1.165, 1.54) is 10.7 Å². The van der Waals surface area contributed by atoms with E-state index >= 15 is 0 Å². The van der Waals surface area contributed by atoms with Crippen molar-refractivity contribution in [3.05, 3.63) is 59.9 Å². The largest absolute Gasteiger partial charge is 0.497 e. The summed E-state index contributed by atoms with van der Waals surface area (Å²) >= 11 is 1.15. The van der Waals surface area contributed by atoms with Crippen molar-refractivity contribution in [2.24, 2.45) is 0 Å². The molecule has 0 spiro atoms. The van der Waals surface area contributed by atoms with E-state index in [-0.39, 0.29) is 17.3 Å². The predicted molar refractivity (Wildman–Crippen MR) is 106 cm³/mol. The van der Waals surface area contributed by atoms with E-state index in [0.29, 0.717) is 11.7 Å². The molecular weight excluding hydrogens is 381 g/mol. The zero-order valence-corrected chi connectivity index (χ0v) is 16.2. The van der Waals surface area contributed by atoms with Crippen LogP contribution in [0.15, 0.2) is 53.7 Å². The van der Waals surface area contributed by atoms with Crippen LogP contribution in [0, 0.1) is 5.82 Å². The zero-order chi connectivity index (χ0) is 20.1. The van der Waals surface area contributed by atoms with E-state index in [0.717, 1.165) is 23.1 Å². The summed E-state index contributed by atoms with van der Waals surface area (Å²) in [5, 5.41) is 10.7. The number of halogens is 1. The van der Waals surface area contributed by atoms with Crippen molar-refractivity contribution in [1.29, 1.82) is 0 Å². The van der Waals surface area contributed by atoms with Crippen LogP contribution in [0.1, 0.15) is 12.5 Å². The average Bonchev–Trinajstić information content (AvgIpc) is 3.07. The number of ether oxygens (including phenoxy) is 1. The Morgan fingerprint density at radius 1 is 1.25 bits per heavy atom. The number of nitrogens with one attached hydrogen (secondary N) is 1. The van der Waals surface area contributed by atoms with Gasteiger partial charge in [0.2, 0.25) is 11.1 Å². The Bertz CT molecular complexity index is 961. The number of nitrogens with two attached hydrogens (primary N) is 1. The van der Waals surface area contributed by atoms with E-state index in [2.05, 4.69) is 15.5 Å². The molecule has 0 aliphatic heterocycles. The molecule has 3 rings (SSSR count). The Labute approximate surface area is 166 Å². The topological polar surface area (TPSA) is 95.1 Å². The van der Waals surface area contributed by atoms with Crippen molar-refractivity contribution >= 4 is 17.7 Å². The van der Waals surface area contributed by atoms with Gasteiger partial charge in [-0.3, -0.25) is 4.79 Å². The number of carbonyl (C=O) groups is 1. The van der Waals surface area contributed by atoms with Crippen molar-refractivity contribution in [2.45, 2.75) is 23.9 Å². The molecule has 0 aliphatic rings. The van der Waals surface area contributed by atoms with Crippen LogP contribution in [0.3, 0.4) is 0 Å². The molecule has 3 aromatic rings. The van der Waals surface area contributed by atoms with Gasteiger partial charge in [0.05, 0.1) is 17.9 Å². The Hall–Kier alpha value is -3.07. The number of carbonyl (C=O) groups excluding carboxylic acids is 1. The number of hydrogen-bond donors (Lipinski definition) is 2. The molecular formula is C19H20FN5O2S. The fourth-order valence-electron chi connectivity index (χ4n) is 2.47. The SMILES string of the molecule is COc1ccc(CNC(=O)C(C)Sc2nnc(-c3ccccc3F)n2N)cc1. The number of thioether (sulfide) groups is 1. The van der Waals surface area contributed by atoms with Crippen LogP contribution in [-0.4, -0.2) is 33.1 Å². The molecule has 3 N–H and O–H groups in total. The summed E-state index contributed by atoms with van der Waals surface area (Å²) in [6, 6.07) is 13.6. The van der Waals surface area contributed by atoms with Gasteiger partial charge in [-0.05, 0) is 36.8 Å². The second-order valence-corrected chi connectivity index (χ2v) is 7.29. The predicted octanol–water partition coefficient (Wildman–Crippen LogP) is 2.60. The van der Waals surface area contributed by atoms with Crippen LogP contribution in [0.25, 0.3) is 11.4 Å². The summed E-state index contributed by atoms with van der Waals surface area (Å²) in [6.45, 7) is 2.13. The summed E-state index contributed by atoms with van der Waals surface area (Å²) < 4.78 is 20.3. The van der Waals surface area contributed by atoms with Crippen molar-refractivity contribution < 1.29 is 13.9 Å². The summed E-state index contributed by atoms with van der Waals surface area (Å²) in [5.74, 6) is 6.35. The number of benzene rings is 2. The molecule has 9 heteroatoms. The van der Waals surface area contributed by atoms with E-state index in [1.54, 1.807) is 32.2 Å². The van der Waals surface area contributed by atoms with Gasteiger partial charge in [0, 0.05) is 6.54 Å². The standard InChI is InChI=1S/C19H20FN5O2S/c1-12(18(26)22-11-13-7-9-14(27-2)10-8-13)28-19-24-23-17(25(19)21)15-5-3-4-6-16(15)20/h3-10,12H,11,21H2,1-2H3,(H,22,26). The molecule has 146 valence electrons. The Morgan fingerprint density at radius 2 is 1.96 bits per heavy atom. The van der Waals surface area contributed by atoms with Crippen molar-refractivity contribution in [3.8, 4) is 17.1 Å². The van der Waals surface area contributed by atoms with Gasteiger partial charge < -0.3 is 15.9 Å². The smallest absolute Gasteiger partial charge is 0.233 e. The molecule has 0 fully saturated rings. The van der Waals surface area contributed by atoms with Crippen LogP contribution in [0.2, 0.25) is 0 Å². The summed E-state index contributed by atoms with van der Waals surface area (Å²) in [5.41, 5.74) is 1.20. The second-order valence-electron chi connectivity index (χ2n) is 5.98. The fourth-order valence-corrected chi connectivity index (χ4v) is 3.27. The van der Waals surface area contributed by atoms with Crippen LogP contribution in [0.5, 0.6) is 5.75 Å². The number of hydrogen-bond acceptors (Lipinski definition) is 6. The number of methoxy groups -OCH3 is 1. The first-order chi connectivity index (χ1) is 13.5. The minimum Gasteiger partial charge on any atom is -0.497 e. The molecule has 2 aromatic carbocycles. The molecule has 0 saturated carbocycles. The molecule has 1 aromatic heterocycles. The highest BCUT2D eigenvalue weighted by molar-refractivity contribution is 8.00. The molecule has 1 atom stereocenters. The van der Waals surface area contributed by atoms with E-state index in [9.17, 15) is 9.18 Å². The molecule has 0 saturated heterocycles. The third kappa shape index (κ3) is 4.42. The third-order valence-corrected chi connectivity index (χ3v) is 5.11. The normalized spacial score (nSPS) is 11.8. The molecule has 1 amide bonds. The highest BCUT2D eigenvalue weighted by Gasteiger charge is 2.20. The number of aromatic nitrogens is 3. The summed E-state index contributed by atoms with van der Waals surface area (Å²) in [6.07, 6.45) is 0. The first-order valence-electron chi connectivity index (χ1n) is 8.52. The second kappa shape index (κ2) is 8.75. The first kappa shape index (κ1) is 19.7. The minimum atomic E-state index is -0.460. The van der Waals surface area contributed by atoms with Crippen molar-refractivity contribution in [3.63, 3.8) is 0 Å². The van der Waals surface area contributed by atoms with Gasteiger partial charge in [-0.2, -0.15) is 0 Å². The van der Waals surface area contributed by atoms with Gasteiger partial charge in [0.15, 0.2) is 5.82 Å². The van der Waals surface area contributed by atoms with Gasteiger partial charge in [-0.25, -0.2) is 9.07 Å². The highest BCUT2D eigenvalue weighted by Crippen LogP contribution is 2.26. The van der Waals surface area contributed by atoms with Crippen LogP contribution >= 0.6 is 11.8 Å². The molecule has 7 nitrogen and oxygen atoms in total. The summed E-state index contributed by atoms with van der Waals surface area (Å²) in [7, 11) is 1.60. The van der Waals surface area contributed by atoms with Crippen molar-refractivity contribution in [2.75, 3.05) is 13.0 Å². The molecule has 0 radical (unpaired) electrons. The lowest BCUT2D eigenvalue weighted by atomic mass is 10.2. The molecule has 1 heterocycles. The van der Waals surface area contributed by atoms with Crippen LogP contribution < -0.4 is 15.9 Å². The monoisotopic (exact) mass is 401 g/mol. The Balaban J connectivity index is 1.62. The van der Waals surface area contributed by atoms with Crippen LogP contribution in [-0.2, 0) is 11.3 Å². The Kier molecular flexibility index (Phi) is 6.15. The number of amides is 1. The lowest BCUT2D eigenvalue weighted by Crippen LogP contribution is -2.30. The maximum absolute atomic E-state index is 13.9. The quantitative estimate of drug-likeness (QED) is 0.467. The van der Waals surface area contributed by atoms with Gasteiger partial charge >= 0.3 is 0 Å². The molecule has 1 unspecified atom stereocenters. The lowest BCUT2D eigenvalue weighted by molar-refractivity contribution is -0.120. The maximum Gasteiger partial charge on any atom is 0.233 e. The third-order valence-electron chi connectivity index (χ3n) is 4.06. The first-order valence-corrected chi connectivity index (χ1v) is 9.40. The van der Waals surface area contributed by atoms with Gasteiger partial charge in [-0.15, -0.1) is 10.2 Å². The summed E-state index contributed by atoms with van der Waals surface area (Å²) in [4.78, 5) is 12.4. The zero-order valence-electron chi connectivity index (χ0n) is 15.4. The van der Waals surface area contributed by atoms with Gasteiger partial charge in [-0.1, -0.05) is 36.0 Å². The maximum atomic E-state index is 13.9. The van der Waals surface area contributed by atoms with Crippen LogP contribution in [0.4, 0.5) is 4.39 Å². The lowest BCUT2D eigenvalue weighted by Gasteiger charge is -2.12. The van der Waals surface area contributed by atoms with E-state index in [1.807, 2.05) is 24.3 Å². The molecule has 0 aliphatic carbocycles. The van der Waals surface area contributed by atoms with E-state index < -0.39 is 11.1 Å². The van der Waals surface area contributed by atoms with E-state index in [4.69, 9.17) is 10.6 Å². The highest BCUT2D eigenvalue weighted by atomic mass is 32.2. The van der Waals surface area contributed by atoms with Gasteiger partial charge in [0.1, 0.15) is 11.6 Å². The Morgan fingerprint density at radius 3 is 2.64 bits per heavy atom. The average molecular weight is 401 g/mol. The van der Waals surface area contributed by atoms with Crippen molar-refractivity contribution in [1.82, 2.24) is 20.2 Å².